The molecular weight excluding hydrogens is 264 g/mol. The van der Waals surface area contributed by atoms with E-state index in [1.807, 2.05) is 13.8 Å². The van der Waals surface area contributed by atoms with E-state index >= 15 is 0 Å². The molecule has 1 aliphatic rings. The molecule has 1 atom stereocenters. The van der Waals surface area contributed by atoms with Gasteiger partial charge in [-0.05, 0) is 13.8 Å². The van der Waals surface area contributed by atoms with E-state index in [1.165, 1.54) is 11.3 Å². The van der Waals surface area contributed by atoms with Gasteiger partial charge in [-0.2, -0.15) is 0 Å². The minimum absolute atomic E-state index is 0.0993. The summed E-state index contributed by atoms with van der Waals surface area (Å²) < 4.78 is 0. The van der Waals surface area contributed by atoms with E-state index in [2.05, 4.69) is 15.6 Å². The molecule has 2 heterocycles. The quantitative estimate of drug-likeness (QED) is 0.818. The second-order valence-corrected chi connectivity index (χ2v) is 5.23. The molecule has 1 unspecified atom stereocenters. The van der Waals surface area contributed by atoms with E-state index in [-0.39, 0.29) is 11.8 Å². The second-order valence-electron chi connectivity index (χ2n) is 4.38. The van der Waals surface area contributed by atoms with Crippen molar-refractivity contribution >= 4 is 23.2 Å². The number of aromatic nitrogens is 1. The summed E-state index contributed by atoms with van der Waals surface area (Å²) in [5.41, 5.74) is 2.38. The number of amides is 2. The third-order valence-electron chi connectivity index (χ3n) is 3.10. The van der Waals surface area contributed by atoms with Gasteiger partial charge in [0.25, 0.3) is 5.91 Å². The third-order valence-corrected chi connectivity index (χ3v) is 4.01. The summed E-state index contributed by atoms with van der Waals surface area (Å²) in [6.45, 7) is 5.99. The van der Waals surface area contributed by atoms with Crippen LogP contribution in [0.15, 0.2) is 5.51 Å². The van der Waals surface area contributed by atoms with Crippen LogP contribution in [0.2, 0.25) is 0 Å². The van der Waals surface area contributed by atoms with Gasteiger partial charge in [-0.25, -0.2) is 4.98 Å². The summed E-state index contributed by atoms with van der Waals surface area (Å²) >= 11 is 1.32. The van der Waals surface area contributed by atoms with Gasteiger partial charge in [-0.15, -0.1) is 11.3 Å². The molecular formula is C12H18N4O2S. The number of rotatable bonds is 3. The average molecular weight is 282 g/mol. The third kappa shape index (κ3) is 2.93. The van der Waals surface area contributed by atoms with Crippen molar-refractivity contribution in [3.8, 4) is 0 Å². The fourth-order valence-corrected chi connectivity index (χ4v) is 2.87. The number of aryl methyl sites for hydroxylation is 1. The molecule has 1 fully saturated rings. The zero-order valence-corrected chi connectivity index (χ0v) is 11.9. The van der Waals surface area contributed by atoms with Crippen LogP contribution in [0.25, 0.3) is 0 Å². The van der Waals surface area contributed by atoms with Gasteiger partial charge in [-0.1, -0.05) is 0 Å². The van der Waals surface area contributed by atoms with Gasteiger partial charge in [0.2, 0.25) is 5.91 Å². The van der Waals surface area contributed by atoms with E-state index in [0.29, 0.717) is 31.1 Å². The zero-order chi connectivity index (χ0) is 13.8. The Morgan fingerprint density at radius 3 is 3.05 bits per heavy atom. The maximum Gasteiger partial charge on any atom is 0.266 e. The van der Waals surface area contributed by atoms with Crippen LogP contribution < -0.4 is 10.6 Å². The van der Waals surface area contributed by atoms with Crippen LogP contribution in [-0.4, -0.2) is 53.9 Å². The number of hydrogen-bond donors (Lipinski definition) is 2. The molecule has 1 aromatic rings. The summed E-state index contributed by atoms with van der Waals surface area (Å²) in [5.74, 6) is -0.206. The molecule has 2 amide bonds. The largest absolute Gasteiger partial charge is 0.355 e. The highest BCUT2D eigenvalue weighted by molar-refractivity contribution is 7.11. The van der Waals surface area contributed by atoms with Gasteiger partial charge in [0.05, 0.1) is 11.2 Å². The number of nitrogens with zero attached hydrogens (tertiary/aromatic N) is 2. The number of nitrogens with one attached hydrogen (secondary N) is 2. The average Bonchev–Trinajstić information content (AvgIpc) is 2.84. The normalized spacial score (nSPS) is 19.3. The van der Waals surface area contributed by atoms with Gasteiger partial charge < -0.3 is 15.5 Å². The van der Waals surface area contributed by atoms with E-state index in [9.17, 15) is 9.59 Å². The summed E-state index contributed by atoms with van der Waals surface area (Å²) in [6.07, 6.45) is 0. The molecule has 0 bridgehead atoms. The monoisotopic (exact) mass is 282 g/mol. The molecule has 0 aromatic carbocycles. The predicted molar refractivity (Wildman–Crippen MR) is 73.2 cm³/mol. The lowest BCUT2D eigenvalue weighted by molar-refractivity contribution is -0.126. The smallest absolute Gasteiger partial charge is 0.266 e. The van der Waals surface area contributed by atoms with Gasteiger partial charge in [0, 0.05) is 26.2 Å². The maximum atomic E-state index is 12.5. The molecule has 1 aliphatic heterocycles. The molecule has 0 aliphatic carbocycles. The van der Waals surface area contributed by atoms with Crippen molar-refractivity contribution in [1.82, 2.24) is 20.5 Å². The van der Waals surface area contributed by atoms with Crippen LogP contribution in [0.4, 0.5) is 0 Å². The molecule has 0 radical (unpaired) electrons. The Balaban J connectivity index is 2.18. The van der Waals surface area contributed by atoms with E-state index in [1.54, 1.807) is 10.4 Å². The predicted octanol–water partition coefficient (Wildman–Crippen LogP) is 0.00162. The first-order valence-electron chi connectivity index (χ1n) is 6.34. The molecule has 2 rings (SSSR count). The zero-order valence-electron chi connectivity index (χ0n) is 11.1. The number of carbonyl (C=O) groups is 2. The highest BCUT2D eigenvalue weighted by Gasteiger charge is 2.33. The number of carbonyl (C=O) groups excluding carboxylic acids is 2. The summed E-state index contributed by atoms with van der Waals surface area (Å²) in [6, 6.07) is -0.442. The van der Waals surface area contributed by atoms with Crippen molar-refractivity contribution in [2.24, 2.45) is 0 Å². The lowest BCUT2D eigenvalue weighted by Gasteiger charge is -2.34. The number of likely N-dealkylation sites (N-methyl/N-ethyl adjacent to an activating group) is 1. The van der Waals surface area contributed by atoms with Crippen LogP contribution in [-0.2, 0) is 4.79 Å². The number of hydrogen-bond acceptors (Lipinski definition) is 5. The van der Waals surface area contributed by atoms with Gasteiger partial charge in [0.1, 0.15) is 10.9 Å². The molecule has 0 saturated carbocycles. The van der Waals surface area contributed by atoms with Crippen LogP contribution in [0.1, 0.15) is 22.3 Å². The van der Waals surface area contributed by atoms with Crippen LogP contribution in [0, 0.1) is 6.92 Å². The standard InChI is InChI=1S/C12H18N4O2S/c1-3-14-11(17)9-6-13-4-5-16(9)12(18)10-8(2)15-7-19-10/h7,9,13H,3-6H2,1-2H3,(H,14,17). The molecule has 0 spiro atoms. The van der Waals surface area contributed by atoms with Crippen molar-refractivity contribution in [2.45, 2.75) is 19.9 Å². The Morgan fingerprint density at radius 2 is 2.42 bits per heavy atom. The fourth-order valence-electron chi connectivity index (χ4n) is 2.11. The second kappa shape index (κ2) is 6.12. The van der Waals surface area contributed by atoms with Crippen LogP contribution >= 0.6 is 11.3 Å². The minimum atomic E-state index is -0.442. The summed E-state index contributed by atoms with van der Waals surface area (Å²) in [4.78, 5) is 30.9. The van der Waals surface area contributed by atoms with E-state index in [4.69, 9.17) is 0 Å². The lowest BCUT2D eigenvalue weighted by Crippen LogP contribution is -2.59. The highest BCUT2D eigenvalue weighted by atomic mass is 32.1. The van der Waals surface area contributed by atoms with Gasteiger partial charge in [-0.3, -0.25) is 9.59 Å². The SMILES string of the molecule is CCNC(=O)C1CNCCN1C(=O)c1scnc1C. The van der Waals surface area contributed by atoms with E-state index < -0.39 is 6.04 Å². The Kier molecular flexibility index (Phi) is 4.49. The molecule has 19 heavy (non-hydrogen) atoms. The van der Waals surface area contributed by atoms with E-state index in [0.717, 1.165) is 5.69 Å². The molecule has 104 valence electrons. The van der Waals surface area contributed by atoms with Crippen LogP contribution in [0.5, 0.6) is 0 Å². The first-order chi connectivity index (χ1) is 9.15. The van der Waals surface area contributed by atoms with Crippen molar-refractivity contribution in [3.63, 3.8) is 0 Å². The molecule has 1 saturated heterocycles. The Morgan fingerprint density at radius 1 is 1.63 bits per heavy atom. The summed E-state index contributed by atoms with van der Waals surface area (Å²) in [7, 11) is 0. The molecule has 1 aromatic heterocycles. The summed E-state index contributed by atoms with van der Waals surface area (Å²) in [5, 5.41) is 5.93. The molecule has 7 heteroatoms. The van der Waals surface area contributed by atoms with Crippen molar-refractivity contribution in [1.29, 1.82) is 0 Å². The maximum absolute atomic E-state index is 12.5. The van der Waals surface area contributed by atoms with Crippen molar-refractivity contribution < 1.29 is 9.59 Å². The Hall–Kier alpha value is -1.47. The van der Waals surface area contributed by atoms with Gasteiger partial charge in [0.15, 0.2) is 0 Å². The van der Waals surface area contributed by atoms with Gasteiger partial charge >= 0.3 is 0 Å². The topological polar surface area (TPSA) is 74.3 Å². The first kappa shape index (κ1) is 14.0. The lowest BCUT2D eigenvalue weighted by atomic mass is 10.1. The fraction of sp³-hybridized carbons (Fsp3) is 0.583. The number of thiazole rings is 1. The first-order valence-corrected chi connectivity index (χ1v) is 7.22. The Labute approximate surface area is 116 Å². The molecule has 2 N–H and O–H groups in total. The Bertz CT molecular complexity index is 474. The molecule has 6 nitrogen and oxygen atoms in total. The minimum Gasteiger partial charge on any atom is -0.355 e. The van der Waals surface area contributed by atoms with Crippen LogP contribution in [0.3, 0.4) is 0 Å². The number of piperazine rings is 1. The highest BCUT2D eigenvalue weighted by Crippen LogP contribution is 2.17. The van der Waals surface area contributed by atoms with Crippen molar-refractivity contribution in [3.05, 3.63) is 16.1 Å². The van der Waals surface area contributed by atoms with Crippen molar-refractivity contribution in [2.75, 3.05) is 26.2 Å².